The lowest BCUT2D eigenvalue weighted by molar-refractivity contribution is -0.143. The minimum Gasteiger partial charge on any atom is -0.488 e. The summed E-state index contributed by atoms with van der Waals surface area (Å²) in [4.78, 5) is 13.3. The third-order valence-corrected chi connectivity index (χ3v) is 4.27. The van der Waals surface area contributed by atoms with Crippen molar-refractivity contribution >= 4 is 5.97 Å². The van der Waals surface area contributed by atoms with E-state index in [1.807, 2.05) is 6.07 Å². The fourth-order valence-corrected chi connectivity index (χ4v) is 3.26. The summed E-state index contributed by atoms with van der Waals surface area (Å²) in [6.45, 7) is 4.57. The molecule has 0 saturated carbocycles. The monoisotopic (exact) mass is 275 g/mol. The first kappa shape index (κ1) is 13.4. The summed E-state index contributed by atoms with van der Waals surface area (Å²) in [5, 5.41) is 9.13. The second-order valence-corrected chi connectivity index (χ2v) is 5.99. The van der Waals surface area contributed by atoms with Crippen LogP contribution in [0.2, 0.25) is 0 Å². The van der Waals surface area contributed by atoms with E-state index in [4.69, 9.17) is 9.84 Å². The number of fused-ring (bicyclic) bond motifs is 1. The fraction of sp³-hybridized carbons (Fsp3) is 0.562. The van der Waals surface area contributed by atoms with Crippen molar-refractivity contribution in [2.75, 3.05) is 19.6 Å². The maximum Gasteiger partial charge on any atom is 0.307 e. The number of aryl methyl sites for hydroxylation is 1. The van der Waals surface area contributed by atoms with Crippen LogP contribution >= 0.6 is 0 Å². The predicted octanol–water partition coefficient (Wildman–Crippen LogP) is 2.10. The van der Waals surface area contributed by atoms with Gasteiger partial charge in [-0.15, -0.1) is 0 Å². The molecule has 1 aromatic rings. The number of hydrogen-bond donors (Lipinski definition) is 1. The van der Waals surface area contributed by atoms with Gasteiger partial charge in [0, 0.05) is 19.5 Å². The van der Waals surface area contributed by atoms with Crippen molar-refractivity contribution < 1.29 is 14.6 Å². The van der Waals surface area contributed by atoms with E-state index in [-0.39, 0.29) is 12.0 Å². The van der Waals surface area contributed by atoms with Crippen molar-refractivity contribution in [3.05, 3.63) is 29.3 Å². The van der Waals surface area contributed by atoms with Crippen LogP contribution in [0.3, 0.4) is 0 Å². The SMILES string of the molecule is Cc1ccc2c(c1)CC(CN1CCCC(C(=O)O)C1)O2. The van der Waals surface area contributed by atoms with Crippen LogP contribution in [0, 0.1) is 12.8 Å². The molecule has 0 aromatic heterocycles. The summed E-state index contributed by atoms with van der Waals surface area (Å²) in [7, 11) is 0. The van der Waals surface area contributed by atoms with E-state index in [2.05, 4.69) is 24.0 Å². The Balaban J connectivity index is 1.59. The molecule has 20 heavy (non-hydrogen) atoms. The van der Waals surface area contributed by atoms with Crippen molar-refractivity contribution in [1.82, 2.24) is 4.90 Å². The number of piperidine rings is 1. The number of rotatable bonds is 3. The number of benzene rings is 1. The van der Waals surface area contributed by atoms with E-state index in [1.165, 1.54) is 11.1 Å². The summed E-state index contributed by atoms with van der Waals surface area (Å²) in [6.07, 6.45) is 2.87. The van der Waals surface area contributed by atoms with E-state index in [1.54, 1.807) is 0 Å². The molecule has 0 bridgehead atoms. The van der Waals surface area contributed by atoms with Gasteiger partial charge in [-0.2, -0.15) is 0 Å². The molecule has 1 N–H and O–H groups in total. The standard InChI is InChI=1S/C16H21NO3/c1-11-4-5-15-13(7-11)8-14(20-15)10-17-6-2-3-12(9-17)16(18)19/h4-5,7,12,14H,2-3,6,8-10H2,1H3,(H,18,19). The third-order valence-electron chi connectivity index (χ3n) is 4.27. The molecule has 4 nitrogen and oxygen atoms in total. The van der Waals surface area contributed by atoms with Crippen LogP contribution in [-0.2, 0) is 11.2 Å². The minimum atomic E-state index is -0.666. The highest BCUT2D eigenvalue weighted by Gasteiger charge is 2.29. The first-order chi connectivity index (χ1) is 9.61. The summed E-state index contributed by atoms with van der Waals surface area (Å²) in [5.41, 5.74) is 2.54. The second-order valence-electron chi connectivity index (χ2n) is 5.99. The summed E-state index contributed by atoms with van der Waals surface area (Å²) < 4.78 is 5.97. The van der Waals surface area contributed by atoms with E-state index in [0.29, 0.717) is 6.54 Å². The Bertz CT molecular complexity index is 514. The average Bonchev–Trinajstić information content (AvgIpc) is 2.80. The van der Waals surface area contributed by atoms with Crippen LogP contribution in [0.1, 0.15) is 24.0 Å². The van der Waals surface area contributed by atoms with Crippen molar-refractivity contribution in [3.63, 3.8) is 0 Å². The van der Waals surface area contributed by atoms with Gasteiger partial charge in [0.2, 0.25) is 0 Å². The molecule has 1 aromatic carbocycles. The molecule has 0 spiro atoms. The molecule has 0 aliphatic carbocycles. The summed E-state index contributed by atoms with van der Waals surface area (Å²) in [6, 6.07) is 6.30. The van der Waals surface area contributed by atoms with Gasteiger partial charge >= 0.3 is 5.97 Å². The van der Waals surface area contributed by atoms with Gasteiger partial charge in [-0.05, 0) is 37.9 Å². The van der Waals surface area contributed by atoms with Gasteiger partial charge in [0.25, 0.3) is 0 Å². The lowest BCUT2D eigenvalue weighted by atomic mass is 9.98. The second kappa shape index (κ2) is 5.44. The highest BCUT2D eigenvalue weighted by Crippen LogP contribution is 2.30. The van der Waals surface area contributed by atoms with Gasteiger partial charge < -0.3 is 9.84 Å². The Hall–Kier alpha value is -1.55. The van der Waals surface area contributed by atoms with Crippen molar-refractivity contribution in [2.24, 2.45) is 5.92 Å². The molecule has 2 aliphatic rings. The first-order valence-corrected chi connectivity index (χ1v) is 7.33. The molecule has 2 aliphatic heterocycles. The molecule has 1 fully saturated rings. The molecular weight excluding hydrogens is 254 g/mol. The van der Waals surface area contributed by atoms with Crippen molar-refractivity contribution in [1.29, 1.82) is 0 Å². The number of ether oxygens (including phenoxy) is 1. The van der Waals surface area contributed by atoms with Crippen LogP contribution in [0.15, 0.2) is 18.2 Å². The van der Waals surface area contributed by atoms with Gasteiger partial charge in [-0.1, -0.05) is 17.7 Å². The summed E-state index contributed by atoms with van der Waals surface area (Å²) in [5.74, 6) is 0.114. The molecule has 3 rings (SSSR count). The van der Waals surface area contributed by atoms with Crippen LogP contribution in [0.25, 0.3) is 0 Å². The molecular formula is C16H21NO3. The van der Waals surface area contributed by atoms with Gasteiger partial charge in [0.15, 0.2) is 0 Å². The summed E-state index contributed by atoms with van der Waals surface area (Å²) >= 11 is 0. The zero-order chi connectivity index (χ0) is 14.1. The number of carboxylic acids is 1. The highest BCUT2D eigenvalue weighted by molar-refractivity contribution is 5.70. The molecule has 0 amide bonds. The highest BCUT2D eigenvalue weighted by atomic mass is 16.5. The fourth-order valence-electron chi connectivity index (χ4n) is 3.26. The topological polar surface area (TPSA) is 49.8 Å². The Kier molecular flexibility index (Phi) is 3.66. The number of aliphatic carboxylic acids is 1. The zero-order valence-corrected chi connectivity index (χ0v) is 11.8. The van der Waals surface area contributed by atoms with E-state index in [0.717, 1.165) is 38.1 Å². The number of likely N-dealkylation sites (tertiary alicyclic amines) is 1. The first-order valence-electron chi connectivity index (χ1n) is 7.33. The number of carboxylic acid groups (broad SMARTS) is 1. The molecule has 0 radical (unpaired) electrons. The smallest absolute Gasteiger partial charge is 0.307 e. The Morgan fingerprint density at radius 1 is 1.50 bits per heavy atom. The quantitative estimate of drug-likeness (QED) is 0.917. The zero-order valence-electron chi connectivity index (χ0n) is 11.8. The average molecular weight is 275 g/mol. The molecule has 1 saturated heterocycles. The largest absolute Gasteiger partial charge is 0.488 e. The lowest BCUT2D eigenvalue weighted by Gasteiger charge is -2.32. The van der Waals surface area contributed by atoms with Crippen molar-refractivity contribution in [3.8, 4) is 5.75 Å². The normalized spacial score (nSPS) is 26.1. The molecule has 2 atom stereocenters. The van der Waals surface area contributed by atoms with Gasteiger partial charge in [0.1, 0.15) is 11.9 Å². The maximum atomic E-state index is 11.1. The molecule has 2 unspecified atom stereocenters. The molecule has 108 valence electrons. The van der Waals surface area contributed by atoms with E-state index >= 15 is 0 Å². The minimum absolute atomic E-state index is 0.166. The van der Waals surface area contributed by atoms with E-state index in [9.17, 15) is 4.79 Å². The molecule has 4 heteroatoms. The lowest BCUT2D eigenvalue weighted by Crippen LogP contribution is -2.43. The number of carbonyl (C=O) groups is 1. The van der Waals surface area contributed by atoms with Gasteiger partial charge in [-0.3, -0.25) is 9.69 Å². The van der Waals surface area contributed by atoms with Crippen molar-refractivity contribution in [2.45, 2.75) is 32.3 Å². The number of hydrogen-bond acceptors (Lipinski definition) is 3. The van der Waals surface area contributed by atoms with Crippen LogP contribution in [0.5, 0.6) is 5.75 Å². The predicted molar refractivity (Wildman–Crippen MR) is 76.1 cm³/mol. The number of nitrogens with zero attached hydrogens (tertiary/aromatic N) is 1. The third kappa shape index (κ3) is 2.80. The van der Waals surface area contributed by atoms with Crippen LogP contribution in [0.4, 0.5) is 0 Å². The Labute approximate surface area is 119 Å². The van der Waals surface area contributed by atoms with E-state index < -0.39 is 5.97 Å². The van der Waals surface area contributed by atoms with Gasteiger partial charge in [-0.25, -0.2) is 0 Å². The van der Waals surface area contributed by atoms with Crippen LogP contribution in [-0.4, -0.2) is 41.7 Å². The molecule has 2 heterocycles. The Morgan fingerprint density at radius 2 is 2.35 bits per heavy atom. The van der Waals surface area contributed by atoms with Crippen LogP contribution < -0.4 is 4.74 Å². The van der Waals surface area contributed by atoms with Gasteiger partial charge in [0.05, 0.1) is 5.92 Å². The maximum absolute atomic E-state index is 11.1. The Morgan fingerprint density at radius 3 is 3.15 bits per heavy atom.